The highest BCUT2D eigenvalue weighted by Gasteiger charge is 2.68. The van der Waals surface area contributed by atoms with Gasteiger partial charge in [-0.2, -0.15) is 0 Å². The van der Waals surface area contributed by atoms with Crippen LogP contribution in [0.15, 0.2) is 18.2 Å². The highest BCUT2D eigenvalue weighted by Crippen LogP contribution is 2.73. The quantitative estimate of drug-likeness (QED) is 0.685. The number of halogens is 1. The molecule has 2 aliphatic carbocycles. The van der Waals surface area contributed by atoms with Crippen molar-refractivity contribution in [1.82, 2.24) is 10.2 Å². The van der Waals surface area contributed by atoms with E-state index in [0.29, 0.717) is 37.2 Å². The second-order valence-corrected chi connectivity index (χ2v) is 8.81. The molecule has 1 saturated heterocycles. The van der Waals surface area contributed by atoms with Crippen LogP contribution in [0.2, 0.25) is 0 Å². The minimum absolute atomic E-state index is 0.0370. The molecule has 152 valence electrons. The van der Waals surface area contributed by atoms with Gasteiger partial charge in [0.15, 0.2) is 0 Å². The first-order valence-electron chi connectivity index (χ1n) is 10.1. The molecule has 1 aromatic rings. The first-order valence-corrected chi connectivity index (χ1v) is 10.1. The van der Waals surface area contributed by atoms with E-state index in [9.17, 15) is 19.1 Å². The maximum Gasteiger partial charge on any atom is 0.311 e. The summed E-state index contributed by atoms with van der Waals surface area (Å²) in [5, 5.41) is 12.5. The fourth-order valence-corrected chi connectivity index (χ4v) is 5.26. The Morgan fingerprint density at radius 1 is 1.29 bits per heavy atom. The monoisotopic (exact) mass is 389 g/mol. The Balaban J connectivity index is 1.35. The number of nitrogens with one attached hydrogen (secondary N) is 1. The molecule has 0 aromatic heterocycles. The Labute approximate surface area is 164 Å². The molecular weight excluding hydrogens is 361 g/mol. The van der Waals surface area contributed by atoms with E-state index >= 15 is 0 Å². The third kappa shape index (κ3) is 3.26. The highest BCUT2D eigenvalue weighted by molar-refractivity contribution is 6.35. The van der Waals surface area contributed by atoms with Crippen molar-refractivity contribution in [3.8, 4) is 5.75 Å². The summed E-state index contributed by atoms with van der Waals surface area (Å²) in [6, 6.07) is 3.97. The van der Waals surface area contributed by atoms with Crippen molar-refractivity contribution in [2.24, 2.45) is 16.6 Å². The van der Waals surface area contributed by atoms with Gasteiger partial charge in [0.2, 0.25) is 0 Å². The lowest BCUT2D eigenvalue weighted by molar-refractivity contribution is -0.146. The Bertz CT molecular complexity index is 775. The molecule has 1 aromatic carbocycles. The molecule has 1 spiro atoms. The van der Waals surface area contributed by atoms with Gasteiger partial charge in [0.05, 0.1) is 0 Å². The zero-order valence-electron chi connectivity index (χ0n) is 16.0. The molecule has 2 saturated carbocycles. The first kappa shape index (κ1) is 19.2. The summed E-state index contributed by atoms with van der Waals surface area (Å²) in [6.45, 7) is 1.86. The van der Waals surface area contributed by atoms with Crippen molar-refractivity contribution in [3.05, 3.63) is 29.6 Å². The van der Waals surface area contributed by atoms with E-state index in [2.05, 4.69) is 5.32 Å². The fraction of sp³-hybridized carbons (Fsp3) is 0.619. The van der Waals surface area contributed by atoms with E-state index in [-0.39, 0.29) is 17.1 Å². The van der Waals surface area contributed by atoms with Crippen LogP contribution in [0.4, 0.5) is 4.39 Å². The topological polar surface area (TPSA) is 95.7 Å². The lowest BCUT2D eigenvalue weighted by atomic mass is 9.75. The van der Waals surface area contributed by atoms with Crippen molar-refractivity contribution in [2.45, 2.75) is 44.4 Å². The van der Waals surface area contributed by atoms with Gasteiger partial charge in [-0.3, -0.25) is 9.59 Å². The van der Waals surface area contributed by atoms with E-state index in [4.69, 9.17) is 5.73 Å². The number of likely N-dealkylation sites (tertiary alicyclic amines) is 1. The number of benzene rings is 1. The van der Waals surface area contributed by atoms with E-state index < -0.39 is 17.6 Å². The Morgan fingerprint density at radius 2 is 2.07 bits per heavy atom. The van der Waals surface area contributed by atoms with Crippen LogP contribution in [0.1, 0.15) is 50.0 Å². The van der Waals surface area contributed by atoms with Crippen molar-refractivity contribution in [3.63, 3.8) is 0 Å². The van der Waals surface area contributed by atoms with Crippen LogP contribution in [-0.4, -0.2) is 48.0 Å². The van der Waals surface area contributed by atoms with E-state index in [0.717, 1.165) is 25.3 Å². The molecule has 28 heavy (non-hydrogen) atoms. The van der Waals surface area contributed by atoms with Gasteiger partial charge in [0.25, 0.3) is 0 Å². The van der Waals surface area contributed by atoms with Crippen molar-refractivity contribution in [2.75, 3.05) is 26.2 Å². The summed E-state index contributed by atoms with van der Waals surface area (Å²) in [5.41, 5.74) is 6.89. The molecule has 1 heterocycles. The van der Waals surface area contributed by atoms with Crippen molar-refractivity contribution in [1.29, 1.82) is 0 Å². The number of aromatic hydroxyl groups is 1. The molecule has 2 atom stereocenters. The van der Waals surface area contributed by atoms with Crippen molar-refractivity contribution >= 4 is 11.8 Å². The summed E-state index contributed by atoms with van der Waals surface area (Å²) in [4.78, 5) is 26.6. The standard InChI is InChI=1S/C21H28FN3O3/c22-16-7-15(8-17(26)9-16)14-3-1-6-25(10-14)19(28)18(27)24-13-21(12-23)11-20(21)4-2-5-20/h7-9,14,26H,1-6,10-13,23H2,(H,24,27). The van der Waals surface area contributed by atoms with E-state index in [1.165, 1.54) is 36.3 Å². The fourth-order valence-electron chi connectivity index (χ4n) is 5.26. The normalized spacial score (nSPS) is 27.9. The van der Waals surface area contributed by atoms with Gasteiger partial charge in [-0.15, -0.1) is 0 Å². The van der Waals surface area contributed by atoms with Gasteiger partial charge < -0.3 is 21.1 Å². The average molecular weight is 389 g/mol. The molecule has 3 fully saturated rings. The van der Waals surface area contributed by atoms with Crippen LogP contribution in [0.25, 0.3) is 0 Å². The van der Waals surface area contributed by atoms with Gasteiger partial charge in [-0.1, -0.05) is 6.42 Å². The van der Waals surface area contributed by atoms with Crippen LogP contribution in [0.3, 0.4) is 0 Å². The number of amides is 2. The molecule has 2 amide bonds. The molecule has 6 nitrogen and oxygen atoms in total. The summed E-state index contributed by atoms with van der Waals surface area (Å²) >= 11 is 0. The van der Waals surface area contributed by atoms with Crippen LogP contribution in [0, 0.1) is 16.6 Å². The summed E-state index contributed by atoms with van der Waals surface area (Å²) in [6.07, 6.45) is 6.12. The van der Waals surface area contributed by atoms with Gasteiger partial charge in [-0.05, 0) is 55.2 Å². The minimum Gasteiger partial charge on any atom is -0.508 e. The number of rotatable bonds is 4. The molecule has 0 radical (unpaired) electrons. The second-order valence-electron chi connectivity index (χ2n) is 8.81. The number of piperidine rings is 1. The lowest BCUT2D eigenvalue weighted by Crippen LogP contribution is -2.49. The predicted molar refractivity (Wildman–Crippen MR) is 102 cm³/mol. The van der Waals surface area contributed by atoms with Crippen LogP contribution in [-0.2, 0) is 9.59 Å². The number of phenols is 1. The van der Waals surface area contributed by atoms with E-state index in [1.54, 1.807) is 0 Å². The zero-order valence-corrected chi connectivity index (χ0v) is 16.0. The van der Waals surface area contributed by atoms with Gasteiger partial charge in [-0.25, -0.2) is 4.39 Å². The number of phenolic OH excluding ortho intramolecular Hbond substituents is 1. The maximum atomic E-state index is 13.6. The summed E-state index contributed by atoms with van der Waals surface area (Å²) in [5.74, 6) is -1.85. The molecule has 3 aliphatic rings. The molecule has 4 rings (SSSR count). The Hall–Kier alpha value is -2.15. The molecule has 0 bridgehead atoms. The average Bonchev–Trinajstić information content (AvgIpc) is 3.35. The largest absolute Gasteiger partial charge is 0.508 e. The smallest absolute Gasteiger partial charge is 0.311 e. The highest BCUT2D eigenvalue weighted by atomic mass is 19.1. The van der Waals surface area contributed by atoms with Gasteiger partial charge in [0.1, 0.15) is 11.6 Å². The number of nitrogens with two attached hydrogens (primary N) is 1. The summed E-state index contributed by atoms with van der Waals surface area (Å²) < 4.78 is 13.6. The maximum absolute atomic E-state index is 13.6. The number of hydrogen-bond acceptors (Lipinski definition) is 4. The predicted octanol–water partition coefficient (Wildman–Crippen LogP) is 1.87. The summed E-state index contributed by atoms with van der Waals surface area (Å²) in [7, 11) is 0. The van der Waals surface area contributed by atoms with Gasteiger partial charge in [0, 0.05) is 43.6 Å². The molecule has 7 heteroatoms. The number of carbonyl (C=O) groups is 2. The number of hydrogen-bond donors (Lipinski definition) is 3. The Morgan fingerprint density at radius 3 is 2.68 bits per heavy atom. The van der Waals surface area contributed by atoms with Gasteiger partial charge >= 0.3 is 11.8 Å². The van der Waals surface area contributed by atoms with E-state index in [1.807, 2.05) is 0 Å². The third-order valence-electron chi connectivity index (χ3n) is 7.24. The lowest BCUT2D eigenvalue weighted by Gasteiger charge is -2.34. The molecule has 2 unspecified atom stereocenters. The third-order valence-corrected chi connectivity index (χ3v) is 7.24. The molecular formula is C21H28FN3O3. The number of carbonyl (C=O) groups excluding carboxylic acids is 2. The van der Waals surface area contributed by atoms with Crippen molar-refractivity contribution < 1.29 is 19.1 Å². The molecule has 1 aliphatic heterocycles. The van der Waals surface area contributed by atoms with Crippen LogP contribution >= 0.6 is 0 Å². The zero-order chi connectivity index (χ0) is 19.9. The second kappa shape index (κ2) is 7.03. The van der Waals surface area contributed by atoms with Crippen LogP contribution < -0.4 is 11.1 Å². The Kier molecular flexibility index (Phi) is 4.81. The number of nitrogens with zero attached hydrogens (tertiary/aromatic N) is 1. The minimum atomic E-state index is -0.586. The first-order chi connectivity index (χ1) is 13.4. The van der Waals surface area contributed by atoms with Crippen LogP contribution in [0.5, 0.6) is 5.75 Å². The SMILES string of the molecule is NCC1(CNC(=O)C(=O)N2CCCC(c3cc(O)cc(F)c3)C2)CC12CCC2. The molecule has 4 N–H and O–H groups in total.